The van der Waals surface area contributed by atoms with Gasteiger partial charge in [0.1, 0.15) is 35.0 Å². The first-order chi connectivity index (χ1) is 18.9. The fourth-order valence-corrected chi connectivity index (χ4v) is 4.19. The van der Waals surface area contributed by atoms with Crippen LogP contribution < -0.4 is 22.3 Å². The van der Waals surface area contributed by atoms with Gasteiger partial charge in [0, 0.05) is 19.2 Å². The smallest absolute Gasteiger partial charge is 0.267 e. The van der Waals surface area contributed by atoms with Crippen LogP contribution in [0.3, 0.4) is 0 Å². The molecule has 0 aliphatic rings. The molecule has 0 aliphatic carbocycles. The monoisotopic (exact) mass is 536 g/mol. The lowest BCUT2D eigenvalue weighted by atomic mass is 10.2. The third-order valence-corrected chi connectivity index (χ3v) is 6.13. The summed E-state index contributed by atoms with van der Waals surface area (Å²) in [6, 6.07) is 17.6. The number of fused-ring (bicyclic) bond motifs is 1. The van der Waals surface area contributed by atoms with Crippen molar-refractivity contribution in [1.29, 1.82) is 0 Å². The van der Waals surface area contributed by atoms with Gasteiger partial charge >= 0.3 is 0 Å². The molecule has 0 fully saturated rings. The van der Waals surface area contributed by atoms with E-state index < -0.39 is 5.91 Å². The number of nitrogen functional groups attached to an aromatic ring is 1. The molecule has 0 spiro atoms. The molecule has 0 saturated heterocycles. The number of benzene rings is 2. The van der Waals surface area contributed by atoms with Gasteiger partial charge in [0.15, 0.2) is 0 Å². The Labute approximate surface area is 227 Å². The van der Waals surface area contributed by atoms with Crippen LogP contribution in [0.25, 0.3) is 16.6 Å². The van der Waals surface area contributed by atoms with E-state index in [1.807, 2.05) is 30.3 Å². The molecule has 11 heteroatoms. The number of anilines is 2. The van der Waals surface area contributed by atoms with E-state index in [9.17, 15) is 9.59 Å². The summed E-state index contributed by atoms with van der Waals surface area (Å²) < 4.78 is 1.56. The number of hydrogen-bond donors (Lipinski definition) is 3. The molecule has 0 aliphatic heterocycles. The van der Waals surface area contributed by atoms with Crippen LogP contribution in [0, 0.1) is 11.8 Å². The maximum absolute atomic E-state index is 13.5. The number of nitrogens with two attached hydrogens (primary N) is 2. The van der Waals surface area contributed by atoms with Crippen molar-refractivity contribution in [2.24, 2.45) is 5.73 Å². The molecule has 5 rings (SSSR count). The molecule has 0 radical (unpaired) electrons. The Morgan fingerprint density at radius 2 is 1.82 bits per heavy atom. The molecule has 39 heavy (non-hydrogen) atoms. The Morgan fingerprint density at radius 3 is 2.56 bits per heavy atom. The highest BCUT2D eigenvalue weighted by Gasteiger charge is 2.15. The lowest BCUT2D eigenvalue weighted by Crippen LogP contribution is -2.25. The lowest BCUT2D eigenvalue weighted by Gasteiger charge is -2.15. The van der Waals surface area contributed by atoms with Gasteiger partial charge in [-0.3, -0.25) is 14.2 Å². The number of aromatic nitrogens is 5. The van der Waals surface area contributed by atoms with Crippen LogP contribution in [-0.4, -0.2) is 37.0 Å². The maximum atomic E-state index is 13.5. The SMILES string of the molecule is NC(=O)c1ccc(C#Cc2c(N)ncnc2NCCc2nc3cccc(Cl)c3c(=O)n2-c2ccccc2)nc1. The van der Waals surface area contributed by atoms with Crippen molar-refractivity contribution in [3.8, 4) is 17.5 Å². The number of rotatable bonds is 6. The molecular formula is C28H21ClN8O2. The van der Waals surface area contributed by atoms with Crippen molar-refractivity contribution in [3.05, 3.63) is 111 Å². The van der Waals surface area contributed by atoms with Gasteiger partial charge in [0.2, 0.25) is 5.91 Å². The number of primary amides is 1. The van der Waals surface area contributed by atoms with E-state index in [1.165, 1.54) is 12.5 Å². The fraction of sp³-hybridized carbons (Fsp3) is 0.0714. The minimum Gasteiger partial charge on any atom is -0.382 e. The van der Waals surface area contributed by atoms with Gasteiger partial charge in [0.25, 0.3) is 5.56 Å². The van der Waals surface area contributed by atoms with Gasteiger partial charge in [-0.15, -0.1) is 0 Å². The predicted molar refractivity (Wildman–Crippen MR) is 150 cm³/mol. The first-order valence-corrected chi connectivity index (χ1v) is 12.2. The van der Waals surface area contributed by atoms with Gasteiger partial charge in [-0.05, 0) is 42.3 Å². The summed E-state index contributed by atoms with van der Waals surface area (Å²) in [6.07, 6.45) is 3.06. The van der Waals surface area contributed by atoms with Gasteiger partial charge in [0.05, 0.1) is 27.2 Å². The van der Waals surface area contributed by atoms with E-state index in [2.05, 4.69) is 32.1 Å². The van der Waals surface area contributed by atoms with Crippen molar-refractivity contribution in [3.63, 3.8) is 0 Å². The highest BCUT2D eigenvalue weighted by molar-refractivity contribution is 6.35. The summed E-state index contributed by atoms with van der Waals surface area (Å²) in [5, 5.41) is 3.93. The fourth-order valence-electron chi connectivity index (χ4n) is 3.94. The van der Waals surface area contributed by atoms with Crippen molar-refractivity contribution in [2.75, 3.05) is 17.6 Å². The van der Waals surface area contributed by atoms with Crippen LogP contribution in [0.15, 0.2) is 78.0 Å². The number of nitrogens with one attached hydrogen (secondary N) is 1. The van der Waals surface area contributed by atoms with Crippen LogP contribution >= 0.6 is 11.6 Å². The second kappa shape index (κ2) is 11.0. The van der Waals surface area contributed by atoms with E-state index in [0.717, 1.165) is 0 Å². The molecule has 2 aromatic carbocycles. The number of halogens is 1. The molecule has 0 bridgehead atoms. The molecule has 5 aromatic rings. The van der Waals surface area contributed by atoms with Crippen LogP contribution in [0.4, 0.5) is 11.6 Å². The summed E-state index contributed by atoms with van der Waals surface area (Å²) in [6.45, 7) is 0.363. The first kappa shape index (κ1) is 25.4. The molecule has 0 unspecified atom stereocenters. The van der Waals surface area contributed by atoms with Crippen LogP contribution in [-0.2, 0) is 6.42 Å². The van der Waals surface area contributed by atoms with Crippen molar-refractivity contribution in [2.45, 2.75) is 6.42 Å². The Balaban J connectivity index is 1.44. The topological polar surface area (TPSA) is 155 Å². The van der Waals surface area contributed by atoms with Gasteiger partial charge < -0.3 is 16.8 Å². The average Bonchev–Trinajstić information content (AvgIpc) is 2.93. The molecule has 5 N–H and O–H groups in total. The van der Waals surface area contributed by atoms with Crippen LogP contribution in [0.2, 0.25) is 5.02 Å². The van der Waals surface area contributed by atoms with E-state index in [4.69, 9.17) is 28.1 Å². The highest BCUT2D eigenvalue weighted by Crippen LogP contribution is 2.21. The maximum Gasteiger partial charge on any atom is 0.267 e. The number of carbonyl (C=O) groups excluding carboxylic acids is 1. The first-order valence-electron chi connectivity index (χ1n) is 11.8. The third-order valence-electron chi connectivity index (χ3n) is 5.81. The largest absolute Gasteiger partial charge is 0.382 e. The number of amides is 1. The van der Waals surface area contributed by atoms with Crippen molar-refractivity contribution < 1.29 is 4.79 Å². The molecular weight excluding hydrogens is 516 g/mol. The summed E-state index contributed by atoms with van der Waals surface area (Å²) in [5.41, 5.74) is 13.4. The minimum absolute atomic E-state index is 0.188. The number of para-hydroxylation sites is 1. The van der Waals surface area contributed by atoms with E-state index in [1.54, 1.807) is 34.9 Å². The Bertz CT molecular complexity index is 1810. The predicted octanol–water partition coefficient (Wildman–Crippen LogP) is 2.96. The average molecular weight is 537 g/mol. The zero-order valence-electron chi connectivity index (χ0n) is 20.4. The molecule has 0 saturated carbocycles. The van der Waals surface area contributed by atoms with Gasteiger partial charge in [-0.1, -0.05) is 41.8 Å². The summed E-state index contributed by atoms with van der Waals surface area (Å²) in [4.78, 5) is 42.0. The standard InChI is InChI=1S/C28H21ClN8O2/c29-21-7-4-8-22-24(21)28(39)37(19-5-2-1-3-6-19)23(36-22)13-14-32-27-20(25(30)34-16-35-27)12-11-18-10-9-17(15-33-18)26(31)38/h1-10,15-16H,13-14H2,(H2,31,38)(H3,30,32,34,35). The Kier molecular flexibility index (Phi) is 7.16. The zero-order valence-corrected chi connectivity index (χ0v) is 21.2. The quantitative estimate of drug-likeness (QED) is 0.280. The number of nitrogens with zero attached hydrogens (tertiary/aromatic N) is 5. The van der Waals surface area contributed by atoms with E-state index in [-0.39, 0.29) is 16.9 Å². The zero-order chi connectivity index (χ0) is 27.4. The molecule has 3 heterocycles. The summed E-state index contributed by atoms with van der Waals surface area (Å²) >= 11 is 6.36. The van der Waals surface area contributed by atoms with Crippen molar-refractivity contribution in [1.82, 2.24) is 24.5 Å². The Morgan fingerprint density at radius 1 is 1.00 bits per heavy atom. The second-order valence-electron chi connectivity index (χ2n) is 8.34. The van der Waals surface area contributed by atoms with Crippen LogP contribution in [0.5, 0.6) is 0 Å². The summed E-state index contributed by atoms with van der Waals surface area (Å²) in [5.74, 6) is 6.42. The van der Waals surface area contributed by atoms with Gasteiger partial charge in [-0.25, -0.2) is 19.9 Å². The normalized spacial score (nSPS) is 10.6. The Hall–Kier alpha value is -5.27. The number of hydrogen-bond acceptors (Lipinski definition) is 8. The van der Waals surface area contributed by atoms with Crippen LogP contribution in [0.1, 0.15) is 27.4 Å². The third kappa shape index (κ3) is 5.39. The second-order valence-corrected chi connectivity index (χ2v) is 8.75. The molecule has 3 aromatic heterocycles. The number of carbonyl (C=O) groups is 1. The van der Waals surface area contributed by atoms with E-state index in [0.29, 0.717) is 57.5 Å². The highest BCUT2D eigenvalue weighted by atomic mass is 35.5. The van der Waals surface area contributed by atoms with E-state index >= 15 is 0 Å². The van der Waals surface area contributed by atoms with Gasteiger partial charge in [-0.2, -0.15) is 0 Å². The number of pyridine rings is 1. The van der Waals surface area contributed by atoms with Crippen molar-refractivity contribution >= 4 is 40.0 Å². The molecule has 0 atom stereocenters. The molecule has 10 nitrogen and oxygen atoms in total. The summed E-state index contributed by atoms with van der Waals surface area (Å²) in [7, 11) is 0. The lowest BCUT2D eigenvalue weighted by molar-refractivity contribution is 0.1000. The molecule has 1 amide bonds. The molecule has 192 valence electrons. The minimum atomic E-state index is -0.573.